The van der Waals surface area contributed by atoms with Gasteiger partial charge in [-0.3, -0.25) is 19.1 Å². The topological polar surface area (TPSA) is 181 Å². The first kappa shape index (κ1) is 30.7. The fourth-order valence-electron chi connectivity index (χ4n) is 4.18. The number of carbonyl (C=O) groups excluding carboxylic acids is 2. The van der Waals surface area contributed by atoms with Gasteiger partial charge in [0, 0.05) is 31.2 Å². The molecule has 0 aliphatic rings. The lowest BCUT2D eigenvalue weighted by atomic mass is 10.1. The summed E-state index contributed by atoms with van der Waals surface area (Å²) in [5.74, 6) is -0.376. The first-order chi connectivity index (χ1) is 20.1. The molecule has 0 fully saturated rings. The summed E-state index contributed by atoms with van der Waals surface area (Å²) in [5, 5.41) is 14.2. The summed E-state index contributed by atoms with van der Waals surface area (Å²) < 4.78 is 41.6. The van der Waals surface area contributed by atoms with Crippen molar-refractivity contribution >= 4 is 40.6 Å². The van der Waals surface area contributed by atoms with Crippen LogP contribution in [0.5, 0.6) is 0 Å². The summed E-state index contributed by atoms with van der Waals surface area (Å²) in [6.45, 7) is 1.22. The highest BCUT2D eigenvalue weighted by Crippen LogP contribution is 2.36. The second-order valence-corrected chi connectivity index (χ2v) is 9.79. The van der Waals surface area contributed by atoms with Crippen LogP contribution in [0.1, 0.15) is 41.7 Å². The normalized spacial score (nSPS) is 12.3. The van der Waals surface area contributed by atoms with Gasteiger partial charge in [-0.15, -0.1) is 0 Å². The zero-order valence-electron chi connectivity index (χ0n) is 22.3. The van der Waals surface area contributed by atoms with Gasteiger partial charge in [0.2, 0.25) is 5.91 Å². The van der Waals surface area contributed by atoms with Crippen molar-refractivity contribution < 1.29 is 22.8 Å². The molecule has 0 saturated carbocycles. The van der Waals surface area contributed by atoms with Crippen molar-refractivity contribution in [2.45, 2.75) is 37.9 Å². The number of fused-ring (bicyclic) bond motifs is 1. The number of hydrogen-bond acceptors (Lipinski definition) is 8. The average molecular weight is 607 g/mol. The Hall–Kier alpha value is -4.21. The van der Waals surface area contributed by atoms with Gasteiger partial charge >= 0.3 is 6.18 Å². The molecular formula is C26H30ClF3N10O2. The first-order valence-electron chi connectivity index (χ1n) is 13.1. The van der Waals surface area contributed by atoms with E-state index >= 15 is 0 Å². The Balaban J connectivity index is 1.34. The van der Waals surface area contributed by atoms with Crippen molar-refractivity contribution in [1.82, 2.24) is 35.2 Å². The molecule has 42 heavy (non-hydrogen) atoms. The molecular weight excluding hydrogens is 577 g/mol. The van der Waals surface area contributed by atoms with Crippen LogP contribution in [0.3, 0.4) is 0 Å². The number of rotatable bonds is 13. The van der Waals surface area contributed by atoms with Gasteiger partial charge in [-0.25, -0.2) is 9.97 Å². The maximum atomic E-state index is 13.4. The highest BCUT2D eigenvalue weighted by molar-refractivity contribution is 6.34. The second-order valence-electron chi connectivity index (χ2n) is 9.38. The van der Waals surface area contributed by atoms with Crippen molar-refractivity contribution in [1.29, 1.82) is 0 Å². The molecule has 3 heterocycles. The van der Waals surface area contributed by atoms with E-state index in [2.05, 4.69) is 31.0 Å². The number of nitrogens with one attached hydrogen (secondary N) is 4. The van der Waals surface area contributed by atoms with E-state index in [1.807, 2.05) is 5.10 Å². The van der Waals surface area contributed by atoms with Crippen LogP contribution < -0.4 is 27.4 Å². The van der Waals surface area contributed by atoms with Crippen LogP contribution in [0.4, 0.5) is 24.7 Å². The van der Waals surface area contributed by atoms with Gasteiger partial charge in [0.05, 0.1) is 40.3 Å². The SMILES string of the molecule is NCCCC[C@H](N)C(=O)NCCCNC(=O)c1ccc(Nc2nccn3c(-c4cn[nH]c4C(F)(F)F)cnc23)cc1Cl. The molecule has 12 nitrogen and oxygen atoms in total. The van der Waals surface area contributed by atoms with Crippen LogP contribution in [0.15, 0.2) is 43.0 Å². The summed E-state index contributed by atoms with van der Waals surface area (Å²) >= 11 is 6.37. The summed E-state index contributed by atoms with van der Waals surface area (Å²) in [7, 11) is 0. The van der Waals surface area contributed by atoms with E-state index in [9.17, 15) is 22.8 Å². The highest BCUT2D eigenvalue weighted by Gasteiger charge is 2.36. The number of anilines is 2. The Morgan fingerprint density at radius 1 is 1.10 bits per heavy atom. The fourth-order valence-corrected chi connectivity index (χ4v) is 4.45. The fraction of sp³-hybridized carbons (Fsp3) is 0.346. The van der Waals surface area contributed by atoms with E-state index in [4.69, 9.17) is 23.1 Å². The number of H-pyrrole nitrogens is 1. The Morgan fingerprint density at radius 2 is 1.88 bits per heavy atom. The van der Waals surface area contributed by atoms with Crippen molar-refractivity contribution in [3.63, 3.8) is 0 Å². The van der Waals surface area contributed by atoms with Gasteiger partial charge in [0.25, 0.3) is 5.91 Å². The average Bonchev–Trinajstić information content (AvgIpc) is 3.61. The van der Waals surface area contributed by atoms with E-state index < -0.39 is 23.8 Å². The summed E-state index contributed by atoms with van der Waals surface area (Å²) in [6.07, 6.45) is 3.31. The van der Waals surface area contributed by atoms with E-state index in [1.165, 1.54) is 35.1 Å². The van der Waals surface area contributed by atoms with Crippen LogP contribution in [0.25, 0.3) is 16.9 Å². The molecule has 16 heteroatoms. The van der Waals surface area contributed by atoms with Gasteiger partial charge in [0.15, 0.2) is 11.5 Å². The Kier molecular flexibility index (Phi) is 9.98. The number of imidazole rings is 1. The van der Waals surface area contributed by atoms with Gasteiger partial charge in [0.1, 0.15) is 5.69 Å². The second kappa shape index (κ2) is 13.6. The van der Waals surface area contributed by atoms with Crippen molar-refractivity contribution in [2.24, 2.45) is 11.5 Å². The third-order valence-electron chi connectivity index (χ3n) is 6.35. The third-order valence-corrected chi connectivity index (χ3v) is 6.66. The monoisotopic (exact) mass is 606 g/mol. The number of nitrogens with two attached hydrogens (primary N) is 2. The Morgan fingerprint density at radius 3 is 2.62 bits per heavy atom. The number of amides is 2. The first-order valence-corrected chi connectivity index (χ1v) is 13.5. The van der Waals surface area contributed by atoms with E-state index in [0.29, 0.717) is 38.2 Å². The lowest BCUT2D eigenvalue weighted by Gasteiger charge is -2.13. The minimum absolute atomic E-state index is 0.158. The molecule has 8 N–H and O–H groups in total. The smallest absolute Gasteiger partial charge is 0.355 e. The van der Waals surface area contributed by atoms with Crippen LogP contribution in [-0.4, -0.2) is 62.1 Å². The Bertz CT molecular complexity index is 1540. The van der Waals surface area contributed by atoms with Crippen LogP contribution >= 0.6 is 11.6 Å². The quantitative estimate of drug-likeness (QED) is 0.125. The summed E-state index contributed by atoms with van der Waals surface area (Å²) in [6, 6.07) is 4.07. The maximum absolute atomic E-state index is 13.4. The molecule has 0 unspecified atom stereocenters. The van der Waals surface area contributed by atoms with E-state index in [-0.39, 0.29) is 39.2 Å². The predicted molar refractivity (Wildman–Crippen MR) is 151 cm³/mol. The van der Waals surface area contributed by atoms with Crippen molar-refractivity contribution in [2.75, 3.05) is 25.0 Å². The number of unbranched alkanes of at least 4 members (excludes halogenated alkanes) is 1. The molecule has 0 spiro atoms. The lowest BCUT2D eigenvalue weighted by molar-refractivity contribution is -0.140. The molecule has 0 radical (unpaired) electrons. The molecule has 3 aromatic heterocycles. The van der Waals surface area contributed by atoms with Crippen molar-refractivity contribution in [3.8, 4) is 11.3 Å². The molecule has 0 bridgehead atoms. The molecule has 0 aliphatic heterocycles. The summed E-state index contributed by atoms with van der Waals surface area (Å²) in [5.41, 5.74) is 11.3. The lowest BCUT2D eigenvalue weighted by Crippen LogP contribution is -2.41. The number of carbonyl (C=O) groups is 2. The Labute approximate surface area is 243 Å². The van der Waals surface area contributed by atoms with Gasteiger partial charge in [-0.1, -0.05) is 18.0 Å². The molecule has 2 amide bonds. The molecule has 0 aliphatic carbocycles. The van der Waals surface area contributed by atoms with Gasteiger partial charge < -0.3 is 27.4 Å². The zero-order chi connectivity index (χ0) is 30.3. The van der Waals surface area contributed by atoms with Gasteiger partial charge in [-0.05, 0) is 44.0 Å². The van der Waals surface area contributed by atoms with Crippen LogP contribution in [0.2, 0.25) is 5.02 Å². The molecule has 0 saturated heterocycles. The highest BCUT2D eigenvalue weighted by atomic mass is 35.5. The standard InChI is InChI=1S/C26H30ClF3N10O2/c27-18-12-15(5-6-16(18)24(41)34-8-3-9-35-25(42)19(32)4-1-2-7-31)38-22-23-36-14-20(40(23)11-10-33-22)17-13-37-39-21(17)26(28,29)30/h5-6,10-14,19H,1-4,7-9,31-32H2,(H,33,38)(H,34,41)(H,35,42)(H,37,39)/t19-/m0/s1. The molecule has 4 rings (SSSR count). The minimum Gasteiger partial charge on any atom is -0.355 e. The zero-order valence-corrected chi connectivity index (χ0v) is 23.1. The van der Waals surface area contributed by atoms with E-state index in [1.54, 1.807) is 6.07 Å². The van der Waals surface area contributed by atoms with Crippen molar-refractivity contribution in [3.05, 3.63) is 59.3 Å². The number of aromatic nitrogens is 5. The molecule has 1 atom stereocenters. The number of halogens is 4. The third kappa shape index (κ3) is 7.35. The maximum Gasteiger partial charge on any atom is 0.433 e. The number of aromatic amines is 1. The van der Waals surface area contributed by atoms with Crippen LogP contribution in [-0.2, 0) is 11.0 Å². The molecule has 4 aromatic rings. The van der Waals surface area contributed by atoms with E-state index in [0.717, 1.165) is 19.0 Å². The number of hydrogen-bond donors (Lipinski definition) is 6. The predicted octanol–water partition coefficient (Wildman–Crippen LogP) is 3.23. The summed E-state index contributed by atoms with van der Waals surface area (Å²) in [4.78, 5) is 33.1. The minimum atomic E-state index is -4.62. The molecule has 1 aromatic carbocycles. The largest absolute Gasteiger partial charge is 0.433 e. The number of benzene rings is 1. The molecule has 224 valence electrons. The van der Waals surface area contributed by atoms with Crippen LogP contribution in [0, 0.1) is 0 Å². The number of alkyl halides is 3. The van der Waals surface area contributed by atoms with Gasteiger partial charge in [-0.2, -0.15) is 18.3 Å². The number of nitrogens with zero attached hydrogens (tertiary/aromatic N) is 4.